The molecule has 0 radical (unpaired) electrons. The second-order valence-electron chi connectivity index (χ2n) is 5.26. The Bertz CT molecular complexity index is 1090. The van der Waals surface area contributed by atoms with E-state index in [4.69, 9.17) is 5.11 Å². The van der Waals surface area contributed by atoms with E-state index < -0.39 is 16.0 Å². The maximum absolute atomic E-state index is 12.3. The van der Waals surface area contributed by atoms with Crippen molar-refractivity contribution >= 4 is 33.0 Å². The highest BCUT2D eigenvalue weighted by atomic mass is 32.2. The van der Waals surface area contributed by atoms with Crippen molar-refractivity contribution < 1.29 is 23.4 Å². The predicted molar refractivity (Wildman–Crippen MR) is 93.8 cm³/mol. The first-order valence-corrected chi connectivity index (χ1v) is 8.67. The van der Waals surface area contributed by atoms with Gasteiger partial charge in [-0.15, -0.1) is 0 Å². The van der Waals surface area contributed by atoms with Crippen LogP contribution in [0.4, 0.5) is 0 Å². The molecule has 0 saturated heterocycles. The van der Waals surface area contributed by atoms with Gasteiger partial charge in [-0.2, -0.15) is 12.8 Å². The molecule has 0 aliphatic heterocycles. The first-order valence-electron chi connectivity index (χ1n) is 7.23. The molecule has 0 atom stereocenters. The monoisotopic (exact) mass is 355 g/mol. The van der Waals surface area contributed by atoms with E-state index in [9.17, 15) is 18.3 Å². The number of hydrogen-bond acceptors (Lipinski definition) is 4. The van der Waals surface area contributed by atoms with Crippen LogP contribution in [0.15, 0.2) is 70.0 Å². The minimum atomic E-state index is -4.02. The van der Waals surface area contributed by atoms with Gasteiger partial charge in [0.2, 0.25) is 0 Å². The van der Waals surface area contributed by atoms with Gasteiger partial charge < -0.3 is 10.2 Å². The molecule has 126 valence electrons. The lowest BCUT2D eigenvalue weighted by Crippen LogP contribution is -2.01. The maximum atomic E-state index is 12.3. The third kappa shape index (κ3) is 3.36. The van der Waals surface area contributed by atoms with Gasteiger partial charge in [0, 0.05) is 5.56 Å². The quantitative estimate of drug-likeness (QED) is 0.700. The topological polar surface area (TPSA) is 104 Å². The van der Waals surface area contributed by atoms with Crippen molar-refractivity contribution in [2.75, 3.05) is 0 Å². The van der Waals surface area contributed by atoms with E-state index >= 15 is 0 Å². The van der Waals surface area contributed by atoms with E-state index in [0.29, 0.717) is 10.9 Å². The van der Waals surface area contributed by atoms with Gasteiger partial charge in [0.25, 0.3) is 10.0 Å². The van der Waals surface area contributed by atoms with Crippen LogP contribution in [0.5, 0.6) is 5.75 Å². The van der Waals surface area contributed by atoms with Crippen LogP contribution in [0, 0.1) is 0 Å². The molecule has 7 heteroatoms. The summed E-state index contributed by atoms with van der Waals surface area (Å²) in [7, 11) is -4.02. The molecule has 3 aromatic rings. The molecule has 25 heavy (non-hydrogen) atoms. The Kier molecular flexibility index (Phi) is 4.24. The molecule has 0 fully saturated rings. The minimum Gasteiger partial charge on any atom is -0.507 e. The normalized spacial score (nSPS) is 11.8. The Morgan fingerprint density at radius 3 is 2.32 bits per heavy atom. The van der Waals surface area contributed by atoms with Crippen LogP contribution in [0.1, 0.15) is 15.9 Å². The van der Waals surface area contributed by atoms with Crippen LogP contribution in [-0.2, 0) is 10.0 Å². The molecule has 2 N–H and O–H groups in total. The Morgan fingerprint density at radius 2 is 1.64 bits per heavy atom. The van der Waals surface area contributed by atoms with Gasteiger partial charge in [0.1, 0.15) is 5.75 Å². The zero-order valence-corrected chi connectivity index (χ0v) is 13.6. The summed E-state index contributed by atoms with van der Waals surface area (Å²) in [5.74, 6) is -1.23. The van der Waals surface area contributed by atoms with E-state index in [2.05, 4.69) is 4.40 Å². The highest BCUT2D eigenvalue weighted by molar-refractivity contribution is 7.90. The fraction of sp³-hybridized carbons (Fsp3) is 0. The molecule has 0 heterocycles. The Balaban J connectivity index is 2.01. The maximum Gasteiger partial charge on any atom is 0.335 e. The van der Waals surface area contributed by atoms with Crippen LogP contribution in [-0.4, -0.2) is 30.8 Å². The third-order valence-corrected chi connectivity index (χ3v) is 4.92. The Morgan fingerprint density at radius 1 is 0.960 bits per heavy atom. The summed E-state index contributed by atoms with van der Waals surface area (Å²) < 4.78 is 28.2. The summed E-state index contributed by atoms with van der Waals surface area (Å²) in [4.78, 5) is 10.7. The van der Waals surface area contributed by atoms with Crippen LogP contribution in [0.3, 0.4) is 0 Å². The molecule has 3 rings (SSSR count). The van der Waals surface area contributed by atoms with Crippen molar-refractivity contribution in [3.63, 3.8) is 0 Å². The number of hydrogen-bond donors (Lipinski definition) is 2. The largest absolute Gasteiger partial charge is 0.507 e. The molecule has 3 aromatic carbocycles. The zero-order valence-electron chi connectivity index (χ0n) is 12.8. The number of rotatable bonds is 4. The van der Waals surface area contributed by atoms with Gasteiger partial charge in [0.15, 0.2) is 0 Å². The average Bonchev–Trinajstić information content (AvgIpc) is 2.61. The number of sulfonamides is 1. The molecule has 0 aliphatic rings. The van der Waals surface area contributed by atoms with Crippen LogP contribution in [0.2, 0.25) is 0 Å². The standard InChI is InChI=1S/C18H13NO5S/c20-17-10-7-12-3-1-2-4-15(12)16(17)11-19-25(23,24)14-8-5-13(6-9-14)18(21)22/h1-11,20H,(H,21,22). The van der Waals surface area contributed by atoms with Gasteiger partial charge in [-0.05, 0) is 41.1 Å². The van der Waals surface area contributed by atoms with Crippen LogP contribution >= 0.6 is 0 Å². The molecule has 0 amide bonds. The van der Waals surface area contributed by atoms with Gasteiger partial charge in [0.05, 0.1) is 16.7 Å². The number of nitrogens with zero attached hydrogens (tertiary/aromatic N) is 1. The highest BCUT2D eigenvalue weighted by Crippen LogP contribution is 2.26. The number of benzene rings is 3. The lowest BCUT2D eigenvalue weighted by molar-refractivity contribution is 0.0696. The molecular formula is C18H13NO5S. The van der Waals surface area contributed by atoms with Crippen molar-refractivity contribution in [3.05, 3.63) is 71.8 Å². The van der Waals surface area contributed by atoms with Crippen molar-refractivity contribution in [1.82, 2.24) is 0 Å². The molecule has 0 spiro atoms. The van der Waals surface area contributed by atoms with Gasteiger partial charge in [-0.3, -0.25) is 0 Å². The summed E-state index contributed by atoms with van der Waals surface area (Å²) >= 11 is 0. The molecule has 0 aromatic heterocycles. The highest BCUT2D eigenvalue weighted by Gasteiger charge is 2.14. The molecule has 0 saturated carbocycles. The summed E-state index contributed by atoms with van der Waals surface area (Å²) in [6, 6.07) is 15.1. The average molecular weight is 355 g/mol. The third-order valence-electron chi connectivity index (χ3n) is 3.67. The van der Waals surface area contributed by atoms with E-state index in [-0.39, 0.29) is 16.2 Å². The van der Waals surface area contributed by atoms with E-state index in [0.717, 1.165) is 11.6 Å². The molecule has 0 aliphatic carbocycles. The van der Waals surface area contributed by atoms with Gasteiger partial charge in [-0.25, -0.2) is 4.79 Å². The second kappa shape index (κ2) is 6.37. The number of aromatic carboxylic acids is 1. The van der Waals surface area contributed by atoms with Crippen LogP contribution in [0.25, 0.3) is 10.8 Å². The number of aromatic hydroxyl groups is 1. The molecular weight excluding hydrogens is 342 g/mol. The number of fused-ring (bicyclic) bond motifs is 1. The first-order chi connectivity index (χ1) is 11.9. The lowest BCUT2D eigenvalue weighted by Gasteiger charge is -2.05. The van der Waals surface area contributed by atoms with E-state index in [1.165, 1.54) is 30.3 Å². The smallest absolute Gasteiger partial charge is 0.335 e. The Labute approximate surface area is 143 Å². The summed E-state index contributed by atoms with van der Waals surface area (Å²) in [5.41, 5.74) is 0.276. The van der Waals surface area contributed by atoms with Crippen LogP contribution < -0.4 is 0 Å². The fourth-order valence-corrected chi connectivity index (χ4v) is 3.22. The zero-order chi connectivity index (χ0) is 18.0. The summed E-state index contributed by atoms with van der Waals surface area (Å²) in [6.07, 6.45) is 1.10. The minimum absolute atomic E-state index is 0.0189. The number of carbonyl (C=O) groups is 1. The summed E-state index contributed by atoms with van der Waals surface area (Å²) in [6.45, 7) is 0. The van der Waals surface area contributed by atoms with E-state index in [1.807, 2.05) is 12.1 Å². The van der Waals surface area contributed by atoms with E-state index in [1.54, 1.807) is 18.2 Å². The number of carboxylic acid groups (broad SMARTS) is 1. The second-order valence-corrected chi connectivity index (χ2v) is 6.89. The fourth-order valence-electron chi connectivity index (χ4n) is 2.37. The van der Waals surface area contributed by atoms with Crippen molar-refractivity contribution in [1.29, 1.82) is 0 Å². The summed E-state index contributed by atoms with van der Waals surface area (Å²) in [5, 5.41) is 20.4. The van der Waals surface area contributed by atoms with Gasteiger partial charge in [-0.1, -0.05) is 30.3 Å². The van der Waals surface area contributed by atoms with Crippen molar-refractivity contribution in [2.24, 2.45) is 4.40 Å². The molecule has 0 bridgehead atoms. The van der Waals surface area contributed by atoms with Crippen molar-refractivity contribution in [3.8, 4) is 5.75 Å². The number of phenolic OH excluding ortho intramolecular Hbond substituents is 1. The number of carboxylic acids is 1. The van der Waals surface area contributed by atoms with Gasteiger partial charge >= 0.3 is 5.97 Å². The lowest BCUT2D eigenvalue weighted by atomic mass is 10.0. The predicted octanol–water partition coefficient (Wildman–Crippen LogP) is 3.05. The first kappa shape index (κ1) is 16.7. The number of phenols is 1. The molecule has 6 nitrogen and oxygen atoms in total. The molecule has 0 unspecified atom stereocenters. The SMILES string of the molecule is O=C(O)c1ccc(S(=O)(=O)N=Cc2c(O)ccc3ccccc23)cc1. The Hall–Kier alpha value is -3.19. The van der Waals surface area contributed by atoms with Crippen molar-refractivity contribution in [2.45, 2.75) is 4.90 Å².